The summed E-state index contributed by atoms with van der Waals surface area (Å²) in [4.78, 5) is 5.55. The molecule has 0 amide bonds. The van der Waals surface area contributed by atoms with Crippen molar-refractivity contribution in [2.45, 2.75) is 64.7 Å². The molecule has 5 fully saturated rings. The molecule has 5 rings (SSSR count). The molecule has 4 bridgehead atoms. The van der Waals surface area contributed by atoms with Crippen molar-refractivity contribution < 1.29 is 0 Å². The van der Waals surface area contributed by atoms with Gasteiger partial charge < -0.3 is 9.80 Å². The Balaban J connectivity index is 1.26. The van der Waals surface area contributed by atoms with E-state index in [9.17, 15) is 0 Å². The number of piperazine rings is 1. The van der Waals surface area contributed by atoms with Gasteiger partial charge in [0.25, 0.3) is 0 Å². The van der Waals surface area contributed by atoms with Crippen LogP contribution in [0.4, 0.5) is 0 Å². The van der Waals surface area contributed by atoms with Gasteiger partial charge in [0.15, 0.2) is 0 Å². The van der Waals surface area contributed by atoms with Gasteiger partial charge in [-0.2, -0.15) is 0 Å². The van der Waals surface area contributed by atoms with Crippen molar-refractivity contribution in [3.63, 3.8) is 0 Å². The van der Waals surface area contributed by atoms with E-state index in [1.165, 1.54) is 58.5 Å². The molecule has 0 aromatic heterocycles. The maximum absolute atomic E-state index is 2.84. The Hall–Kier alpha value is -0.0800. The molecule has 0 N–H and O–H groups in total. The Morgan fingerprint density at radius 2 is 1.32 bits per heavy atom. The van der Waals surface area contributed by atoms with Crippen LogP contribution in [0.5, 0.6) is 0 Å². The topological polar surface area (TPSA) is 6.48 Å². The van der Waals surface area contributed by atoms with Gasteiger partial charge in [0.05, 0.1) is 0 Å². The van der Waals surface area contributed by atoms with Crippen LogP contribution in [0.25, 0.3) is 0 Å². The lowest BCUT2D eigenvalue weighted by Gasteiger charge is -2.58. The molecule has 2 heteroatoms. The summed E-state index contributed by atoms with van der Waals surface area (Å²) in [6, 6.07) is 0. The molecule has 1 aliphatic heterocycles. The first kappa shape index (κ1) is 15.4. The second kappa shape index (κ2) is 6.43. The molecule has 0 spiro atoms. The van der Waals surface area contributed by atoms with Crippen molar-refractivity contribution in [1.29, 1.82) is 0 Å². The third-order valence-corrected chi connectivity index (χ3v) is 7.27. The molecule has 0 aromatic carbocycles. The van der Waals surface area contributed by atoms with Gasteiger partial charge in [-0.25, -0.2) is 0 Å². The second-order valence-corrected chi connectivity index (χ2v) is 9.24. The predicted octanol–water partition coefficient (Wildman–Crippen LogP) is 4.01. The highest BCUT2D eigenvalue weighted by Crippen LogP contribution is 2.60. The van der Waals surface area contributed by atoms with Crippen LogP contribution in [0.3, 0.4) is 0 Å². The average Bonchev–Trinajstić information content (AvgIpc) is 2.47. The van der Waals surface area contributed by atoms with Gasteiger partial charge in [0, 0.05) is 32.7 Å². The fourth-order valence-electron chi connectivity index (χ4n) is 6.71. The highest BCUT2D eigenvalue weighted by molar-refractivity contribution is 5.02. The summed E-state index contributed by atoms with van der Waals surface area (Å²) in [5, 5.41) is 0. The molecule has 0 aromatic rings. The van der Waals surface area contributed by atoms with E-state index in [2.05, 4.69) is 16.7 Å². The van der Waals surface area contributed by atoms with Gasteiger partial charge in [0.1, 0.15) is 0 Å². The SMILES string of the molecule is CCCCCN1CCN(CC23CC4CC(CC(C4)C2)C3)CC1. The zero-order valence-corrected chi connectivity index (χ0v) is 14.7. The predicted molar refractivity (Wildman–Crippen MR) is 93.0 cm³/mol. The monoisotopic (exact) mass is 304 g/mol. The minimum Gasteiger partial charge on any atom is -0.301 e. The second-order valence-electron chi connectivity index (χ2n) is 9.24. The maximum Gasteiger partial charge on any atom is 0.0110 e. The lowest BCUT2D eigenvalue weighted by molar-refractivity contribution is -0.0736. The van der Waals surface area contributed by atoms with E-state index in [0.29, 0.717) is 0 Å². The fourth-order valence-corrected chi connectivity index (χ4v) is 6.71. The number of hydrogen-bond acceptors (Lipinski definition) is 2. The Morgan fingerprint density at radius 3 is 1.86 bits per heavy atom. The minimum atomic E-state index is 0.749. The van der Waals surface area contributed by atoms with Crippen molar-refractivity contribution in [1.82, 2.24) is 9.80 Å². The van der Waals surface area contributed by atoms with Crippen molar-refractivity contribution >= 4 is 0 Å². The number of rotatable bonds is 6. The first-order valence-corrected chi connectivity index (χ1v) is 10.2. The van der Waals surface area contributed by atoms with Crippen LogP contribution in [-0.4, -0.2) is 49.1 Å². The number of hydrogen-bond donors (Lipinski definition) is 0. The Kier molecular flexibility index (Phi) is 4.52. The van der Waals surface area contributed by atoms with Crippen molar-refractivity contribution in [2.24, 2.45) is 23.2 Å². The van der Waals surface area contributed by atoms with Crippen LogP contribution < -0.4 is 0 Å². The van der Waals surface area contributed by atoms with Crippen LogP contribution in [0.1, 0.15) is 64.7 Å². The van der Waals surface area contributed by atoms with Crippen LogP contribution in [0.15, 0.2) is 0 Å². The Bertz CT molecular complexity index is 335. The highest BCUT2D eigenvalue weighted by Gasteiger charge is 2.51. The summed E-state index contributed by atoms with van der Waals surface area (Å²) < 4.78 is 0. The number of nitrogens with zero attached hydrogens (tertiary/aromatic N) is 2. The van der Waals surface area contributed by atoms with Crippen molar-refractivity contribution in [3.05, 3.63) is 0 Å². The smallest absolute Gasteiger partial charge is 0.0110 e. The van der Waals surface area contributed by atoms with E-state index in [1.807, 2.05) is 0 Å². The Labute approximate surface area is 137 Å². The standard InChI is InChI=1S/C20H36N2/c1-2-3-4-5-21-6-8-22(9-7-21)16-20-13-17-10-18(14-20)12-19(11-17)15-20/h17-19H,2-16H2,1H3. The van der Waals surface area contributed by atoms with E-state index >= 15 is 0 Å². The minimum absolute atomic E-state index is 0.749. The van der Waals surface area contributed by atoms with Crippen LogP contribution in [-0.2, 0) is 0 Å². The summed E-state index contributed by atoms with van der Waals surface area (Å²) in [6.07, 6.45) is 13.7. The molecule has 1 heterocycles. The summed E-state index contributed by atoms with van der Waals surface area (Å²) in [7, 11) is 0. The third-order valence-electron chi connectivity index (χ3n) is 7.27. The van der Waals surface area contributed by atoms with Gasteiger partial charge in [-0.15, -0.1) is 0 Å². The molecule has 0 unspecified atom stereocenters. The van der Waals surface area contributed by atoms with Gasteiger partial charge in [-0.3, -0.25) is 0 Å². The molecule has 2 nitrogen and oxygen atoms in total. The summed E-state index contributed by atoms with van der Waals surface area (Å²) in [5.41, 5.74) is 0.749. The molecule has 0 radical (unpaired) electrons. The lowest BCUT2D eigenvalue weighted by Crippen LogP contribution is -2.54. The van der Waals surface area contributed by atoms with E-state index in [4.69, 9.17) is 0 Å². The van der Waals surface area contributed by atoms with E-state index in [0.717, 1.165) is 23.2 Å². The van der Waals surface area contributed by atoms with Crippen LogP contribution in [0.2, 0.25) is 0 Å². The van der Waals surface area contributed by atoms with Gasteiger partial charge in [-0.05, 0) is 74.7 Å². The summed E-state index contributed by atoms with van der Waals surface area (Å²) in [5.74, 6) is 3.34. The number of unbranched alkanes of at least 4 members (excludes halogenated alkanes) is 2. The molecule has 5 aliphatic rings. The summed E-state index contributed by atoms with van der Waals surface area (Å²) >= 11 is 0. The zero-order valence-electron chi connectivity index (χ0n) is 14.7. The molecule has 4 aliphatic carbocycles. The van der Waals surface area contributed by atoms with E-state index < -0.39 is 0 Å². The lowest BCUT2D eigenvalue weighted by atomic mass is 9.49. The normalized spacial score (nSPS) is 42.1. The van der Waals surface area contributed by atoms with Crippen LogP contribution >= 0.6 is 0 Å². The zero-order chi connectivity index (χ0) is 15.0. The quantitative estimate of drug-likeness (QED) is 0.684. The molecular weight excluding hydrogens is 268 g/mol. The largest absolute Gasteiger partial charge is 0.301 e. The van der Waals surface area contributed by atoms with E-state index in [-0.39, 0.29) is 0 Å². The molecule has 1 saturated heterocycles. The first-order valence-electron chi connectivity index (χ1n) is 10.2. The van der Waals surface area contributed by atoms with Crippen molar-refractivity contribution in [3.8, 4) is 0 Å². The van der Waals surface area contributed by atoms with Gasteiger partial charge >= 0.3 is 0 Å². The molecule has 0 atom stereocenters. The molecular formula is C20H36N2. The van der Waals surface area contributed by atoms with Crippen molar-refractivity contribution in [2.75, 3.05) is 39.3 Å². The fraction of sp³-hybridized carbons (Fsp3) is 1.00. The first-order chi connectivity index (χ1) is 10.7. The average molecular weight is 305 g/mol. The molecule has 126 valence electrons. The maximum atomic E-state index is 2.84. The molecule has 4 saturated carbocycles. The molecule has 22 heavy (non-hydrogen) atoms. The van der Waals surface area contributed by atoms with Gasteiger partial charge in [0.2, 0.25) is 0 Å². The Morgan fingerprint density at radius 1 is 0.773 bits per heavy atom. The van der Waals surface area contributed by atoms with Gasteiger partial charge in [-0.1, -0.05) is 19.8 Å². The summed E-state index contributed by atoms with van der Waals surface area (Å²) in [6.45, 7) is 10.4. The third kappa shape index (κ3) is 3.24. The van der Waals surface area contributed by atoms with E-state index in [1.54, 1.807) is 38.5 Å². The van der Waals surface area contributed by atoms with Crippen LogP contribution in [0, 0.1) is 23.2 Å². The highest BCUT2D eigenvalue weighted by atomic mass is 15.3.